The van der Waals surface area contributed by atoms with E-state index in [-0.39, 0.29) is 10.0 Å². The zero-order chi connectivity index (χ0) is 12.2. The number of halogens is 1. The second-order valence-electron chi connectivity index (χ2n) is 3.52. The number of rotatable bonds is 5. The van der Waals surface area contributed by atoms with E-state index in [0.29, 0.717) is 13.1 Å². The molecule has 1 aromatic rings. The average Bonchev–Trinajstić information content (AvgIpc) is 2.16. The fraction of sp³-hybridized carbons (Fsp3) is 0.444. The normalized spacial score (nSPS) is 12.0. The van der Waals surface area contributed by atoms with Crippen molar-refractivity contribution in [3.05, 3.63) is 23.5 Å². The summed E-state index contributed by atoms with van der Waals surface area (Å²) in [6, 6.07) is 2.73. The first-order chi connectivity index (χ1) is 7.42. The van der Waals surface area contributed by atoms with Crippen LogP contribution >= 0.6 is 11.6 Å². The van der Waals surface area contributed by atoms with Gasteiger partial charge in [-0.3, -0.25) is 0 Å². The van der Waals surface area contributed by atoms with Crippen LogP contribution in [0.15, 0.2) is 23.2 Å². The molecular weight excluding hydrogens is 250 g/mol. The summed E-state index contributed by atoms with van der Waals surface area (Å²) < 4.78 is 26.0. The Kier molecular flexibility index (Phi) is 4.67. The van der Waals surface area contributed by atoms with Gasteiger partial charge in [0.05, 0.1) is 4.90 Å². The highest BCUT2D eigenvalue weighted by Crippen LogP contribution is 2.12. The number of aromatic nitrogens is 1. The fourth-order valence-corrected chi connectivity index (χ4v) is 2.31. The van der Waals surface area contributed by atoms with Crippen molar-refractivity contribution in [3.8, 4) is 0 Å². The zero-order valence-corrected chi connectivity index (χ0v) is 10.7. The minimum Gasteiger partial charge on any atom is -0.308 e. The smallest absolute Gasteiger partial charge is 0.240 e. The number of pyridine rings is 1. The molecule has 0 unspecified atom stereocenters. The molecular formula is C9H14ClN3O2S. The molecule has 0 amide bonds. The van der Waals surface area contributed by atoms with E-state index < -0.39 is 10.0 Å². The molecule has 0 aliphatic carbocycles. The van der Waals surface area contributed by atoms with Crippen LogP contribution in [-0.4, -0.2) is 45.5 Å². The van der Waals surface area contributed by atoms with Gasteiger partial charge in [-0.1, -0.05) is 11.6 Å². The summed E-state index contributed by atoms with van der Waals surface area (Å²) >= 11 is 5.62. The third-order valence-electron chi connectivity index (χ3n) is 1.86. The number of hydrogen-bond donors (Lipinski definition) is 1. The SMILES string of the molecule is CN(C)CCNS(=O)(=O)c1ccnc(Cl)c1. The number of nitrogens with zero attached hydrogens (tertiary/aromatic N) is 2. The molecule has 0 aromatic carbocycles. The van der Waals surface area contributed by atoms with E-state index in [4.69, 9.17) is 11.6 Å². The van der Waals surface area contributed by atoms with Gasteiger partial charge < -0.3 is 4.90 Å². The molecule has 0 bridgehead atoms. The van der Waals surface area contributed by atoms with Crippen molar-refractivity contribution in [3.63, 3.8) is 0 Å². The van der Waals surface area contributed by atoms with E-state index in [0.717, 1.165) is 0 Å². The molecule has 0 saturated heterocycles. The summed E-state index contributed by atoms with van der Waals surface area (Å²) in [4.78, 5) is 5.75. The Balaban J connectivity index is 2.71. The summed E-state index contributed by atoms with van der Waals surface area (Å²) in [5, 5.41) is 0.162. The molecule has 1 aromatic heterocycles. The number of hydrogen-bond acceptors (Lipinski definition) is 4. The van der Waals surface area contributed by atoms with Gasteiger partial charge >= 0.3 is 0 Å². The maximum absolute atomic E-state index is 11.7. The van der Waals surface area contributed by atoms with Crippen LogP contribution in [0, 0.1) is 0 Å². The van der Waals surface area contributed by atoms with Crippen molar-refractivity contribution < 1.29 is 8.42 Å². The highest BCUT2D eigenvalue weighted by molar-refractivity contribution is 7.89. The Bertz CT molecular complexity index is 448. The lowest BCUT2D eigenvalue weighted by Gasteiger charge is -2.10. The van der Waals surface area contributed by atoms with Gasteiger partial charge in [0, 0.05) is 19.3 Å². The Hall–Kier alpha value is -0.690. The van der Waals surface area contributed by atoms with E-state index in [9.17, 15) is 8.42 Å². The molecule has 16 heavy (non-hydrogen) atoms. The summed E-state index contributed by atoms with van der Waals surface area (Å²) in [7, 11) is 0.266. The summed E-state index contributed by atoms with van der Waals surface area (Å²) in [6.45, 7) is 0.993. The standard InChI is InChI=1S/C9H14ClN3O2S/c1-13(2)6-5-12-16(14,15)8-3-4-11-9(10)7-8/h3-4,7,12H,5-6H2,1-2H3. The molecule has 0 atom stereocenters. The molecule has 7 heteroatoms. The van der Waals surface area contributed by atoms with Crippen molar-refractivity contribution in [2.75, 3.05) is 27.2 Å². The Morgan fingerprint density at radius 2 is 2.19 bits per heavy atom. The first-order valence-electron chi connectivity index (χ1n) is 4.68. The van der Waals surface area contributed by atoms with Gasteiger partial charge in [-0.15, -0.1) is 0 Å². The molecule has 0 saturated carbocycles. The Labute approximate surface area is 100 Å². The first-order valence-corrected chi connectivity index (χ1v) is 6.54. The monoisotopic (exact) mass is 263 g/mol. The van der Waals surface area contributed by atoms with Crippen LogP contribution in [0.5, 0.6) is 0 Å². The predicted molar refractivity (Wildman–Crippen MR) is 63.0 cm³/mol. The molecule has 90 valence electrons. The predicted octanol–water partition coefficient (Wildman–Crippen LogP) is 0.575. The van der Waals surface area contributed by atoms with Crippen LogP contribution in [0.4, 0.5) is 0 Å². The maximum Gasteiger partial charge on any atom is 0.240 e. The highest BCUT2D eigenvalue weighted by atomic mass is 35.5. The van der Waals surface area contributed by atoms with E-state index in [2.05, 4.69) is 9.71 Å². The first kappa shape index (κ1) is 13.4. The van der Waals surface area contributed by atoms with E-state index in [1.165, 1.54) is 18.3 Å². The third kappa shape index (κ3) is 4.05. The summed E-state index contributed by atoms with van der Waals surface area (Å²) in [5.41, 5.74) is 0. The topological polar surface area (TPSA) is 62.3 Å². The van der Waals surface area contributed by atoms with Crippen molar-refractivity contribution in [1.29, 1.82) is 0 Å². The van der Waals surface area contributed by atoms with Crippen LogP contribution < -0.4 is 4.72 Å². The second-order valence-corrected chi connectivity index (χ2v) is 5.67. The lowest BCUT2D eigenvalue weighted by molar-refractivity contribution is 0.412. The third-order valence-corrected chi connectivity index (χ3v) is 3.52. The molecule has 1 rings (SSSR count). The van der Waals surface area contributed by atoms with Crippen LogP contribution in [-0.2, 0) is 10.0 Å². The van der Waals surface area contributed by atoms with Gasteiger partial charge in [0.25, 0.3) is 0 Å². The van der Waals surface area contributed by atoms with Gasteiger partial charge in [-0.05, 0) is 26.2 Å². The molecule has 0 aliphatic heterocycles. The van der Waals surface area contributed by atoms with E-state index in [1.807, 2.05) is 19.0 Å². The minimum absolute atomic E-state index is 0.131. The van der Waals surface area contributed by atoms with Gasteiger partial charge in [0.15, 0.2) is 0 Å². The number of nitrogens with one attached hydrogen (secondary N) is 1. The lowest BCUT2D eigenvalue weighted by Crippen LogP contribution is -2.31. The highest BCUT2D eigenvalue weighted by Gasteiger charge is 2.13. The van der Waals surface area contributed by atoms with Crippen LogP contribution in [0.2, 0.25) is 5.15 Å². The molecule has 0 aliphatic rings. The van der Waals surface area contributed by atoms with Crippen LogP contribution in [0.25, 0.3) is 0 Å². The minimum atomic E-state index is -3.48. The van der Waals surface area contributed by atoms with Gasteiger partial charge in [0.1, 0.15) is 5.15 Å². The van der Waals surface area contributed by atoms with Crippen molar-refractivity contribution >= 4 is 21.6 Å². The zero-order valence-electron chi connectivity index (χ0n) is 9.14. The van der Waals surface area contributed by atoms with E-state index in [1.54, 1.807) is 0 Å². The Morgan fingerprint density at radius 3 is 2.75 bits per heavy atom. The van der Waals surface area contributed by atoms with Gasteiger partial charge in [-0.25, -0.2) is 18.1 Å². The molecule has 0 fully saturated rings. The molecule has 5 nitrogen and oxygen atoms in total. The number of likely N-dealkylation sites (N-methyl/N-ethyl adjacent to an activating group) is 1. The molecule has 0 spiro atoms. The fourth-order valence-electron chi connectivity index (χ4n) is 1.04. The molecule has 1 heterocycles. The lowest BCUT2D eigenvalue weighted by atomic mass is 10.5. The van der Waals surface area contributed by atoms with E-state index >= 15 is 0 Å². The van der Waals surface area contributed by atoms with Crippen molar-refractivity contribution in [1.82, 2.24) is 14.6 Å². The number of sulfonamides is 1. The van der Waals surface area contributed by atoms with Gasteiger partial charge in [-0.2, -0.15) is 0 Å². The Morgan fingerprint density at radius 1 is 1.50 bits per heavy atom. The van der Waals surface area contributed by atoms with Crippen LogP contribution in [0.1, 0.15) is 0 Å². The second kappa shape index (κ2) is 5.58. The molecule has 0 radical (unpaired) electrons. The van der Waals surface area contributed by atoms with Crippen LogP contribution in [0.3, 0.4) is 0 Å². The summed E-state index contributed by atoms with van der Waals surface area (Å²) in [6.07, 6.45) is 1.36. The van der Waals surface area contributed by atoms with Crippen molar-refractivity contribution in [2.24, 2.45) is 0 Å². The van der Waals surface area contributed by atoms with Gasteiger partial charge in [0.2, 0.25) is 10.0 Å². The average molecular weight is 264 g/mol. The molecule has 1 N–H and O–H groups in total. The quantitative estimate of drug-likeness (QED) is 0.790. The summed E-state index contributed by atoms with van der Waals surface area (Å²) in [5.74, 6) is 0. The van der Waals surface area contributed by atoms with Crippen molar-refractivity contribution in [2.45, 2.75) is 4.90 Å². The maximum atomic E-state index is 11.7. The largest absolute Gasteiger partial charge is 0.308 e.